The van der Waals surface area contributed by atoms with Crippen molar-refractivity contribution >= 4 is 28.2 Å². The minimum atomic E-state index is -1.15. The lowest BCUT2D eigenvalue weighted by Gasteiger charge is -2.07. The Balaban J connectivity index is 1.96. The zero-order valence-corrected chi connectivity index (χ0v) is 14.8. The average Bonchev–Trinajstić information content (AvgIpc) is 3.06. The Morgan fingerprint density at radius 2 is 1.81 bits per heavy atom. The summed E-state index contributed by atoms with van der Waals surface area (Å²) in [4.78, 5) is 24.1. The fourth-order valence-corrected chi connectivity index (χ4v) is 3.57. The molecule has 0 fully saturated rings. The molecule has 3 rings (SSSR count). The van der Waals surface area contributed by atoms with E-state index >= 15 is 0 Å². The van der Waals surface area contributed by atoms with Crippen molar-refractivity contribution in [1.82, 2.24) is 0 Å². The molecule has 26 heavy (non-hydrogen) atoms. The fraction of sp³-hybridized carbons (Fsp3) is 0.100. The molecule has 0 aliphatic rings. The van der Waals surface area contributed by atoms with E-state index in [1.54, 1.807) is 11.4 Å². The van der Waals surface area contributed by atoms with E-state index in [9.17, 15) is 19.1 Å². The number of benzene rings is 2. The quantitative estimate of drug-likeness (QED) is 0.660. The van der Waals surface area contributed by atoms with Gasteiger partial charge in [-0.05, 0) is 29.7 Å². The molecule has 0 aliphatic carbocycles. The van der Waals surface area contributed by atoms with Crippen LogP contribution < -0.4 is 5.32 Å². The molecule has 0 atom stereocenters. The van der Waals surface area contributed by atoms with E-state index in [0.717, 1.165) is 28.9 Å². The van der Waals surface area contributed by atoms with Gasteiger partial charge in [0.1, 0.15) is 16.4 Å². The molecule has 1 aromatic heterocycles. The summed E-state index contributed by atoms with van der Waals surface area (Å²) in [6, 6.07) is 13.2. The number of anilines is 1. The molecule has 6 heteroatoms. The third-order valence-corrected chi connectivity index (χ3v) is 4.92. The van der Waals surface area contributed by atoms with Crippen LogP contribution in [0.15, 0.2) is 53.9 Å². The van der Waals surface area contributed by atoms with Crippen molar-refractivity contribution in [3.63, 3.8) is 0 Å². The first-order valence-corrected chi connectivity index (χ1v) is 8.89. The van der Waals surface area contributed by atoms with E-state index < -0.39 is 17.7 Å². The Bertz CT molecular complexity index is 963. The van der Waals surface area contributed by atoms with Gasteiger partial charge in [0.15, 0.2) is 0 Å². The van der Waals surface area contributed by atoms with Crippen LogP contribution in [0.1, 0.15) is 33.2 Å². The van der Waals surface area contributed by atoms with Crippen LogP contribution in [0.4, 0.5) is 9.39 Å². The smallest absolute Gasteiger partial charge is 0.339 e. The third kappa shape index (κ3) is 3.50. The van der Waals surface area contributed by atoms with Gasteiger partial charge in [0.25, 0.3) is 5.91 Å². The van der Waals surface area contributed by atoms with Crippen molar-refractivity contribution in [1.29, 1.82) is 0 Å². The molecular weight excluding hydrogens is 353 g/mol. The number of aryl methyl sites for hydroxylation is 1. The molecule has 3 aromatic rings. The van der Waals surface area contributed by atoms with Gasteiger partial charge in [-0.15, -0.1) is 11.3 Å². The lowest BCUT2D eigenvalue weighted by Crippen LogP contribution is -2.15. The highest BCUT2D eigenvalue weighted by molar-refractivity contribution is 7.15. The molecule has 2 N–H and O–H groups in total. The Hall–Kier alpha value is -2.99. The molecule has 2 aromatic carbocycles. The summed E-state index contributed by atoms with van der Waals surface area (Å²) in [5, 5.41) is 14.0. The topological polar surface area (TPSA) is 66.4 Å². The number of amides is 1. The number of carbonyl (C=O) groups excluding carboxylic acids is 1. The fourth-order valence-electron chi connectivity index (χ4n) is 2.61. The molecule has 0 radical (unpaired) electrons. The first-order valence-electron chi connectivity index (χ1n) is 8.01. The summed E-state index contributed by atoms with van der Waals surface area (Å²) in [7, 11) is 0. The number of nitrogens with one attached hydrogen (secondary N) is 1. The number of hydrogen-bond acceptors (Lipinski definition) is 3. The van der Waals surface area contributed by atoms with Crippen molar-refractivity contribution < 1.29 is 19.1 Å². The standard InChI is InChI=1S/C20H16FNO3S/c1-2-12-7-9-13(10-8-12)15-11-26-19(17(15)20(24)25)22-18(23)14-5-3-4-6-16(14)21/h3-11H,2H2,1H3,(H,22,23)(H,24,25). The normalized spacial score (nSPS) is 10.5. The number of thiophene rings is 1. The van der Waals surface area contributed by atoms with E-state index in [0.29, 0.717) is 5.56 Å². The number of rotatable bonds is 5. The van der Waals surface area contributed by atoms with Gasteiger partial charge in [-0.2, -0.15) is 0 Å². The Morgan fingerprint density at radius 1 is 1.12 bits per heavy atom. The Kier molecular flexibility index (Phi) is 5.14. The van der Waals surface area contributed by atoms with Crippen LogP contribution in [-0.4, -0.2) is 17.0 Å². The molecule has 0 aliphatic heterocycles. The Morgan fingerprint density at radius 3 is 2.42 bits per heavy atom. The highest BCUT2D eigenvalue weighted by atomic mass is 32.1. The number of hydrogen-bond donors (Lipinski definition) is 2. The van der Waals surface area contributed by atoms with Gasteiger partial charge in [-0.25, -0.2) is 9.18 Å². The van der Waals surface area contributed by atoms with Gasteiger partial charge >= 0.3 is 5.97 Å². The molecule has 132 valence electrons. The number of halogens is 1. The largest absolute Gasteiger partial charge is 0.478 e. The van der Waals surface area contributed by atoms with E-state index in [4.69, 9.17) is 0 Å². The zero-order chi connectivity index (χ0) is 18.7. The number of carbonyl (C=O) groups is 2. The minimum Gasteiger partial charge on any atom is -0.478 e. The SMILES string of the molecule is CCc1ccc(-c2csc(NC(=O)c3ccccc3F)c2C(=O)O)cc1. The second-order valence-electron chi connectivity index (χ2n) is 5.64. The molecule has 4 nitrogen and oxygen atoms in total. The van der Waals surface area contributed by atoms with Crippen molar-refractivity contribution in [2.45, 2.75) is 13.3 Å². The first kappa shape index (κ1) is 17.8. The summed E-state index contributed by atoms with van der Waals surface area (Å²) >= 11 is 1.10. The van der Waals surface area contributed by atoms with Crippen molar-refractivity contribution in [3.05, 3.63) is 76.4 Å². The van der Waals surface area contributed by atoms with Gasteiger partial charge in [0, 0.05) is 10.9 Å². The number of carboxylic acid groups (broad SMARTS) is 1. The van der Waals surface area contributed by atoms with Crippen LogP contribution in [0.25, 0.3) is 11.1 Å². The van der Waals surface area contributed by atoms with Gasteiger partial charge < -0.3 is 10.4 Å². The van der Waals surface area contributed by atoms with Crippen LogP contribution in [0.5, 0.6) is 0 Å². The van der Waals surface area contributed by atoms with Gasteiger partial charge in [0.2, 0.25) is 0 Å². The maximum atomic E-state index is 13.8. The number of aromatic carboxylic acids is 1. The van der Waals surface area contributed by atoms with Crippen LogP contribution in [-0.2, 0) is 6.42 Å². The number of carboxylic acids is 1. The molecule has 1 amide bonds. The lowest BCUT2D eigenvalue weighted by atomic mass is 10.0. The van der Waals surface area contributed by atoms with Gasteiger partial charge in [-0.3, -0.25) is 4.79 Å². The highest BCUT2D eigenvalue weighted by Crippen LogP contribution is 2.36. The Labute approximate surface area is 153 Å². The van der Waals surface area contributed by atoms with Crippen molar-refractivity contribution in [2.75, 3.05) is 5.32 Å². The van der Waals surface area contributed by atoms with Crippen LogP contribution in [0.3, 0.4) is 0 Å². The molecule has 0 spiro atoms. The second kappa shape index (κ2) is 7.49. The molecule has 0 unspecified atom stereocenters. The summed E-state index contributed by atoms with van der Waals surface area (Å²) in [5.41, 5.74) is 2.29. The zero-order valence-electron chi connectivity index (χ0n) is 14.0. The maximum absolute atomic E-state index is 13.8. The molecule has 0 saturated carbocycles. The predicted octanol–water partition coefficient (Wildman–Crippen LogP) is 5.07. The average molecular weight is 369 g/mol. The van der Waals surface area contributed by atoms with E-state index in [1.165, 1.54) is 18.2 Å². The highest BCUT2D eigenvalue weighted by Gasteiger charge is 2.22. The molecule has 1 heterocycles. The third-order valence-electron chi connectivity index (χ3n) is 4.02. The maximum Gasteiger partial charge on any atom is 0.339 e. The van der Waals surface area contributed by atoms with Gasteiger partial charge in [0.05, 0.1) is 5.56 Å². The van der Waals surface area contributed by atoms with Crippen LogP contribution in [0.2, 0.25) is 0 Å². The van der Waals surface area contributed by atoms with E-state index in [1.807, 2.05) is 31.2 Å². The van der Waals surface area contributed by atoms with Gasteiger partial charge in [-0.1, -0.05) is 43.3 Å². The molecule has 0 bridgehead atoms. The minimum absolute atomic E-state index is 0.00365. The monoisotopic (exact) mass is 369 g/mol. The summed E-state index contributed by atoms with van der Waals surface area (Å²) in [6.07, 6.45) is 0.889. The van der Waals surface area contributed by atoms with E-state index in [2.05, 4.69) is 5.32 Å². The molecular formula is C20H16FNO3S. The summed E-state index contributed by atoms with van der Waals surface area (Å²) in [5.74, 6) is -2.49. The van der Waals surface area contributed by atoms with Crippen molar-refractivity contribution in [3.8, 4) is 11.1 Å². The van der Waals surface area contributed by atoms with Crippen molar-refractivity contribution in [2.24, 2.45) is 0 Å². The summed E-state index contributed by atoms with van der Waals surface area (Å²) < 4.78 is 13.8. The van der Waals surface area contributed by atoms with Crippen LogP contribution in [0, 0.1) is 5.82 Å². The second-order valence-corrected chi connectivity index (χ2v) is 6.52. The van der Waals surface area contributed by atoms with E-state index in [-0.39, 0.29) is 16.1 Å². The first-order chi connectivity index (χ1) is 12.5. The summed E-state index contributed by atoms with van der Waals surface area (Å²) in [6.45, 7) is 2.04. The molecule has 0 saturated heterocycles. The van der Waals surface area contributed by atoms with Crippen LogP contribution >= 0.6 is 11.3 Å². The lowest BCUT2D eigenvalue weighted by molar-refractivity contribution is 0.0699. The predicted molar refractivity (Wildman–Crippen MR) is 100 cm³/mol.